The molecular formula is C20H32O3P2. The Hall–Kier alpha value is -0.260. The fraction of sp³-hybridized carbons (Fsp3) is 0.800. The van der Waals surface area contributed by atoms with Crippen LogP contribution in [0.5, 0.6) is 0 Å². The van der Waals surface area contributed by atoms with Crippen LogP contribution in [-0.4, -0.2) is 34.6 Å². The van der Waals surface area contributed by atoms with Gasteiger partial charge in [0.1, 0.15) is 0 Å². The maximum atomic E-state index is 12.8. The van der Waals surface area contributed by atoms with E-state index in [4.69, 9.17) is 4.74 Å². The highest BCUT2D eigenvalue weighted by Gasteiger charge is 2.50. The molecule has 2 saturated heterocycles. The molecule has 25 heavy (non-hydrogen) atoms. The molecule has 4 atom stereocenters. The predicted octanol–water partition coefficient (Wildman–Crippen LogP) is 5.95. The number of rotatable bonds is 6. The van der Waals surface area contributed by atoms with E-state index in [0.717, 1.165) is 36.3 Å². The SMILES string of the molecule is CCC1CCC(CC)P1C1=C(P2C(CC)CCC2CC)C(=O)OC1=O. The van der Waals surface area contributed by atoms with Gasteiger partial charge in [-0.3, -0.25) is 0 Å². The Morgan fingerprint density at radius 1 is 0.680 bits per heavy atom. The molecule has 3 aliphatic rings. The molecule has 0 spiro atoms. The van der Waals surface area contributed by atoms with E-state index in [9.17, 15) is 9.59 Å². The quantitative estimate of drug-likeness (QED) is 0.324. The van der Waals surface area contributed by atoms with E-state index < -0.39 is 15.8 Å². The van der Waals surface area contributed by atoms with Gasteiger partial charge in [0.15, 0.2) is 0 Å². The first kappa shape index (κ1) is 19.5. The normalized spacial score (nSPS) is 38.7. The molecule has 0 aromatic carbocycles. The summed E-state index contributed by atoms with van der Waals surface area (Å²) in [7, 11) is -1.08. The van der Waals surface area contributed by atoms with Crippen LogP contribution < -0.4 is 0 Å². The number of ether oxygens (including phenoxy) is 1. The Labute approximate surface area is 154 Å². The highest BCUT2D eigenvalue weighted by molar-refractivity contribution is 7.70. The lowest BCUT2D eigenvalue weighted by Crippen LogP contribution is -2.11. The fourth-order valence-electron chi connectivity index (χ4n) is 5.09. The molecule has 0 radical (unpaired) electrons. The van der Waals surface area contributed by atoms with Gasteiger partial charge in [0, 0.05) is 0 Å². The van der Waals surface area contributed by atoms with E-state index in [1.807, 2.05) is 0 Å². The average molecular weight is 382 g/mol. The number of hydrogen-bond donors (Lipinski definition) is 0. The molecule has 3 rings (SSSR count). The van der Waals surface area contributed by atoms with Crippen LogP contribution in [0.1, 0.15) is 79.1 Å². The molecule has 0 amide bonds. The molecule has 3 nitrogen and oxygen atoms in total. The van der Waals surface area contributed by atoms with Crippen molar-refractivity contribution in [1.29, 1.82) is 0 Å². The molecule has 3 heterocycles. The summed E-state index contributed by atoms with van der Waals surface area (Å²) in [6, 6.07) is 0. The molecule has 0 N–H and O–H groups in total. The Morgan fingerprint density at radius 3 is 1.20 bits per heavy atom. The van der Waals surface area contributed by atoms with E-state index in [1.165, 1.54) is 25.7 Å². The molecule has 140 valence electrons. The van der Waals surface area contributed by atoms with Crippen LogP contribution >= 0.6 is 15.8 Å². The van der Waals surface area contributed by atoms with Crippen molar-refractivity contribution in [1.82, 2.24) is 0 Å². The fourth-order valence-corrected chi connectivity index (χ4v) is 12.9. The minimum Gasteiger partial charge on any atom is -0.386 e. The standard InChI is InChI=1S/C20H32O3P2/c1-5-13-9-10-14(6-2)24(13)17-18(20(22)23-19(17)21)25-15(7-3)11-12-16(25)8-4/h13-16H,5-12H2,1-4H3. The minimum absolute atomic E-state index is 0.274. The summed E-state index contributed by atoms with van der Waals surface area (Å²) in [5.74, 6) is -0.548. The number of cyclic esters (lactones) is 2. The molecule has 5 heteroatoms. The summed E-state index contributed by atoms with van der Waals surface area (Å²) in [6.45, 7) is 8.96. The molecule has 3 aliphatic heterocycles. The van der Waals surface area contributed by atoms with Gasteiger partial charge in [0.25, 0.3) is 0 Å². The predicted molar refractivity (Wildman–Crippen MR) is 107 cm³/mol. The lowest BCUT2D eigenvalue weighted by Gasteiger charge is -2.29. The van der Waals surface area contributed by atoms with E-state index in [-0.39, 0.29) is 11.9 Å². The van der Waals surface area contributed by atoms with Crippen molar-refractivity contribution in [3.8, 4) is 0 Å². The highest BCUT2D eigenvalue weighted by atomic mass is 31.1. The number of esters is 2. The Kier molecular flexibility index (Phi) is 6.38. The molecule has 4 unspecified atom stereocenters. The van der Waals surface area contributed by atoms with E-state index in [0.29, 0.717) is 22.6 Å². The lowest BCUT2D eigenvalue weighted by atomic mass is 10.1. The van der Waals surface area contributed by atoms with Gasteiger partial charge >= 0.3 is 11.9 Å². The lowest BCUT2D eigenvalue weighted by molar-refractivity contribution is -0.150. The molecule has 0 bridgehead atoms. The van der Waals surface area contributed by atoms with Crippen LogP contribution in [0.15, 0.2) is 10.6 Å². The van der Waals surface area contributed by atoms with Crippen LogP contribution in [0, 0.1) is 0 Å². The molecule has 0 aliphatic carbocycles. The zero-order valence-electron chi connectivity index (χ0n) is 16.1. The first-order chi connectivity index (χ1) is 12.1. The summed E-state index contributed by atoms with van der Waals surface area (Å²) in [5, 5.41) is 1.78. The van der Waals surface area contributed by atoms with Crippen LogP contribution in [0.25, 0.3) is 0 Å². The van der Waals surface area contributed by atoms with Crippen LogP contribution in [0.4, 0.5) is 0 Å². The zero-order valence-corrected chi connectivity index (χ0v) is 17.9. The second kappa shape index (κ2) is 8.18. The zero-order chi connectivity index (χ0) is 18.1. The first-order valence-electron chi connectivity index (χ1n) is 10.1. The largest absolute Gasteiger partial charge is 0.386 e. The summed E-state index contributed by atoms with van der Waals surface area (Å²) in [4.78, 5) is 25.6. The van der Waals surface area contributed by atoms with Crippen molar-refractivity contribution in [2.75, 3.05) is 0 Å². The second-order valence-corrected chi connectivity index (χ2v) is 13.0. The number of carbonyl (C=O) groups is 2. The third-order valence-corrected chi connectivity index (χ3v) is 14.1. The van der Waals surface area contributed by atoms with E-state index >= 15 is 0 Å². The van der Waals surface area contributed by atoms with Gasteiger partial charge in [-0.05, 0) is 74.0 Å². The monoisotopic (exact) mass is 382 g/mol. The third kappa shape index (κ3) is 3.37. The van der Waals surface area contributed by atoms with Gasteiger partial charge in [0.2, 0.25) is 0 Å². The molecule has 2 fully saturated rings. The Morgan fingerprint density at radius 2 is 0.960 bits per heavy atom. The maximum absolute atomic E-state index is 12.8. The van der Waals surface area contributed by atoms with Crippen LogP contribution in [0.2, 0.25) is 0 Å². The summed E-state index contributed by atoms with van der Waals surface area (Å²) in [5.41, 5.74) is 2.39. The number of hydrogen-bond acceptors (Lipinski definition) is 3. The van der Waals surface area contributed by atoms with Gasteiger partial charge < -0.3 is 4.74 Å². The van der Waals surface area contributed by atoms with Gasteiger partial charge in [-0.2, -0.15) is 0 Å². The van der Waals surface area contributed by atoms with Crippen LogP contribution in [-0.2, 0) is 14.3 Å². The molecular weight excluding hydrogens is 350 g/mol. The van der Waals surface area contributed by atoms with E-state index in [2.05, 4.69) is 27.7 Å². The third-order valence-electron chi connectivity index (χ3n) is 6.44. The second-order valence-electron chi connectivity index (χ2n) is 7.59. The summed E-state index contributed by atoms with van der Waals surface area (Å²) < 4.78 is 5.26. The molecule has 0 saturated carbocycles. The maximum Gasteiger partial charge on any atom is 0.347 e. The Balaban J connectivity index is 2.08. The summed E-state index contributed by atoms with van der Waals surface area (Å²) in [6.07, 6.45) is 9.33. The van der Waals surface area contributed by atoms with E-state index in [1.54, 1.807) is 0 Å². The van der Waals surface area contributed by atoms with Crippen molar-refractivity contribution in [3.05, 3.63) is 10.6 Å². The van der Waals surface area contributed by atoms with Gasteiger partial charge in [-0.1, -0.05) is 43.5 Å². The average Bonchev–Trinajstić information content (AvgIpc) is 3.27. The number of carbonyl (C=O) groups excluding carboxylic acids is 2. The van der Waals surface area contributed by atoms with Gasteiger partial charge in [-0.25, -0.2) is 9.59 Å². The van der Waals surface area contributed by atoms with Gasteiger partial charge in [0.05, 0.1) is 10.6 Å². The summed E-state index contributed by atoms with van der Waals surface area (Å²) >= 11 is 0. The van der Waals surface area contributed by atoms with Gasteiger partial charge in [-0.15, -0.1) is 0 Å². The first-order valence-corrected chi connectivity index (χ1v) is 13.1. The topological polar surface area (TPSA) is 43.4 Å². The van der Waals surface area contributed by atoms with Crippen molar-refractivity contribution < 1.29 is 14.3 Å². The van der Waals surface area contributed by atoms with Crippen molar-refractivity contribution in [2.24, 2.45) is 0 Å². The highest BCUT2D eigenvalue weighted by Crippen LogP contribution is 2.72. The Bertz CT molecular complexity index is 499. The van der Waals surface area contributed by atoms with Crippen molar-refractivity contribution in [3.63, 3.8) is 0 Å². The van der Waals surface area contributed by atoms with Crippen molar-refractivity contribution in [2.45, 2.75) is 102 Å². The van der Waals surface area contributed by atoms with Crippen molar-refractivity contribution >= 4 is 27.8 Å². The van der Waals surface area contributed by atoms with Crippen LogP contribution in [0.3, 0.4) is 0 Å². The minimum atomic E-state index is -0.542. The molecule has 0 aromatic heterocycles. The molecule has 0 aromatic rings. The smallest absolute Gasteiger partial charge is 0.347 e.